The maximum Gasteiger partial charge on any atom is 0.271 e. The van der Waals surface area contributed by atoms with E-state index >= 15 is 0 Å². The van der Waals surface area contributed by atoms with E-state index in [0.29, 0.717) is 5.56 Å². The predicted molar refractivity (Wildman–Crippen MR) is 99.8 cm³/mol. The summed E-state index contributed by atoms with van der Waals surface area (Å²) in [6.07, 6.45) is 1.55. The quantitative estimate of drug-likeness (QED) is 0.387. The first-order chi connectivity index (χ1) is 11.1. The summed E-state index contributed by atoms with van der Waals surface area (Å²) in [6, 6.07) is 18.4. The lowest BCUT2D eigenvalue weighted by molar-refractivity contribution is 0.0957. The minimum atomic E-state index is -0.258. The average molecular weight is 416 g/mol. The van der Waals surface area contributed by atoms with E-state index in [0.717, 1.165) is 19.9 Å². The number of nitrogens with zero attached hydrogens (tertiary/aromatic N) is 1. The summed E-state index contributed by atoms with van der Waals surface area (Å²) in [7, 11) is 0. The predicted octanol–water partition coefficient (Wildman–Crippen LogP) is 3.91. The molecule has 0 spiro atoms. The maximum absolute atomic E-state index is 12.3. The molecule has 2 N–H and O–H groups in total. The van der Waals surface area contributed by atoms with Crippen LogP contribution in [0, 0.1) is 3.57 Å². The van der Waals surface area contributed by atoms with Crippen LogP contribution in [0.15, 0.2) is 65.8 Å². The number of rotatable bonds is 3. The summed E-state index contributed by atoms with van der Waals surface area (Å²) < 4.78 is 0.729. The molecule has 5 heteroatoms. The van der Waals surface area contributed by atoms with Crippen molar-refractivity contribution in [2.24, 2.45) is 5.10 Å². The smallest absolute Gasteiger partial charge is 0.271 e. The van der Waals surface area contributed by atoms with Gasteiger partial charge in [0, 0.05) is 5.56 Å². The zero-order chi connectivity index (χ0) is 16.2. The van der Waals surface area contributed by atoms with Gasteiger partial charge in [-0.1, -0.05) is 36.4 Å². The Bertz CT molecular complexity index is 901. The highest BCUT2D eigenvalue weighted by atomic mass is 127. The third kappa shape index (κ3) is 3.50. The molecule has 0 aliphatic heterocycles. The van der Waals surface area contributed by atoms with Gasteiger partial charge in [0.05, 0.1) is 9.78 Å². The molecule has 0 aliphatic rings. The first kappa shape index (κ1) is 15.5. The lowest BCUT2D eigenvalue weighted by atomic mass is 10.0. The van der Waals surface area contributed by atoms with Crippen LogP contribution in [0.5, 0.6) is 5.75 Å². The van der Waals surface area contributed by atoms with Gasteiger partial charge in [0.1, 0.15) is 5.75 Å². The van der Waals surface area contributed by atoms with Crippen LogP contribution >= 0.6 is 22.6 Å². The standard InChI is InChI=1S/C18H13IN2O2/c19-16-10-12(8-9-17(16)22)11-20-21-18(23)15-7-3-5-13-4-1-2-6-14(13)15/h1-11,22H,(H,21,23)/b20-11+. The van der Waals surface area contributed by atoms with Gasteiger partial charge in [0.2, 0.25) is 0 Å². The van der Waals surface area contributed by atoms with Crippen LogP contribution in [0.3, 0.4) is 0 Å². The van der Waals surface area contributed by atoms with E-state index < -0.39 is 0 Å². The number of hydrogen-bond acceptors (Lipinski definition) is 3. The molecule has 0 heterocycles. The number of benzene rings is 3. The Labute approximate surface area is 147 Å². The minimum absolute atomic E-state index is 0.225. The molecule has 0 radical (unpaired) electrons. The zero-order valence-electron chi connectivity index (χ0n) is 12.0. The third-order valence-electron chi connectivity index (χ3n) is 3.39. The summed E-state index contributed by atoms with van der Waals surface area (Å²) in [5.74, 6) is -0.0333. The van der Waals surface area contributed by atoms with Crippen molar-refractivity contribution in [2.45, 2.75) is 0 Å². The lowest BCUT2D eigenvalue weighted by Crippen LogP contribution is -2.17. The van der Waals surface area contributed by atoms with Crippen LogP contribution in [-0.4, -0.2) is 17.2 Å². The Morgan fingerprint density at radius 3 is 2.70 bits per heavy atom. The highest BCUT2D eigenvalue weighted by molar-refractivity contribution is 14.1. The fraction of sp³-hybridized carbons (Fsp3) is 0. The minimum Gasteiger partial charge on any atom is -0.507 e. The van der Waals surface area contributed by atoms with Gasteiger partial charge in [-0.2, -0.15) is 5.10 Å². The van der Waals surface area contributed by atoms with Gasteiger partial charge < -0.3 is 5.11 Å². The first-order valence-electron chi connectivity index (χ1n) is 6.95. The summed E-state index contributed by atoms with van der Waals surface area (Å²) in [6.45, 7) is 0. The molecular formula is C18H13IN2O2. The highest BCUT2D eigenvalue weighted by Crippen LogP contribution is 2.20. The molecule has 0 aromatic heterocycles. The largest absolute Gasteiger partial charge is 0.507 e. The molecule has 0 saturated carbocycles. The van der Waals surface area contributed by atoms with E-state index in [-0.39, 0.29) is 11.7 Å². The Morgan fingerprint density at radius 1 is 1.09 bits per heavy atom. The molecule has 1 amide bonds. The average Bonchev–Trinajstić information content (AvgIpc) is 2.57. The molecule has 23 heavy (non-hydrogen) atoms. The number of phenolic OH excluding ortho intramolecular Hbond substituents is 1. The fourth-order valence-electron chi connectivity index (χ4n) is 2.25. The number of carbonyl (C=O) groups excluding carboxylic acids is 1. The van der Waals surface area contributed by atoms with Crippen molar-refractivity contribution in [3.63, 3.8) is 0 Å². The number of carbonyl (C=O) groups is 1. The highest BCUT2D eigenvalue weighted by Gasteiger charge is 2.08. The number of aromatic hydroxyl groups is 1. The molecular weight excluding hydrogens is 403 g/mol. The number of phenols is 1. The van der Waals surface area contributed by atoms with E-state index in [4.69, 9.17) is 0 Å². The maximum atomic E-state index is 12.3. The third-order valence-corrected chi connectivity index (χ3v) is 4.25. The van der Waals surface area contributed by atoms with Crippen molar-refractivity contribution < 1.29 is 9.90 Å². The molecule has 4 nitrogen and oxygen atoms in total. The number of hydrogen-bond donors (Lipinski definition) is 2. The molecule has 0 fully saturated rings. The molecule has 0 saturated heterocycles. The second-order valence-corrected chi connectivity index (χ2v) is 6.10. The van der Waals surface area contributed by atoms with E-state index in [1.807, 2.05) is 59.0 Å². The first-order valence-corrected chi connectivity index (χ1v) is 8.03. The number of halogens is 1. The normalized spacial score (nSPS) is 11.0. The molecule has 114 valence electrons. The van der Waals surface area contributed by atoms with Gasteiger partial charge in [0.25, 0.3) is 5.91 Å². The van der Waals surface area contributed by atoms with Crippen molar-refractivity contribution in [3.8, 4) is 5.75 Å². The van der Waals surface area contributed by atoms with Gasteiger partial charge in [-0.15, -0.1) is 0 Å². The molecule has 0 bridgehead atoms. The number of hydrazone groups is 1. The molecule has 0 aliphatic carbocycles. The Balaban J connectivity index is 1.78. The van der Waals surface area contributed by atoms with Crippen LogP contribution in [0.4, 0.5) is 0 Å². The second kappa shape index (κ2) is 6.78. The van der Waals surface area contributed by atoms with Crippen LogP contribution in [0.2, 0.25) is 0 Å². The number of amides is 1. The van der Waals surface area contributed by atoms with Gasteiger partial charge in [-0.25, -0.2) is 5.43 Å². The SMILES string of the molecule is O=C(N/N=C/c1ccc(O)c(I)c1)c1cccc2ccccc12. The number of fused-ring (bicyclic) bond motifs is 1. The van der Waals surface area contributed by atoms with Crippen LogP contribution < -0.4 is 5.43 Å². The van der Waals surface area contributed by atoms with E-state index in [1.54, 1.807) is 30.5 Å². The van der Waals surface area contributed by atoms with Gasteiger partial charge in [-0.05, 0) is 63.2 Å². The second-order valence-electron chi connectivity index (χ2n) is 4.94. The Morgan fingerprint density at radius 2 is 1.87 bits per heavy atom. The molecule has 3 aromatic carbocycles. The lowest BCUT2D eigenvalue weighted by Gasteiger charge is -2.04. The summed E-state index contributed by atoms with van der Waals surface area (Å²) >= 11 is 2.03. The molecule has 0 unspecified atom stereocenters. The molecule has 0 atom stereocenters. The topological polar surface area (TPSA) is 61.7 Å². The van der Waals surface area contributed by atoms with Crippen molar-refractivity contribution in [1.82, 2.24) is 5.43 Å². The van der Waals surface area contributed by atoms with Gasteiger partial charge >= 0.3 is 0 Å². The van der Waals surface area contributed by atoms with E-state index in [9.17, 15) is 9.90 Å². The van der Waals surface area contributed by atoms with E-state index in [1.165, 1.54) is 0 Å². The van der Waals surface area contributed by atoms with Gasteiger partial charge in [0.15, 0.2) is 0 Å². The fourth-order valence-corrected chi connectivity index (χ4v) is 2.79. The molecule has 3 rings (SSSR count). The van der Waals surface area contributed by atoms with Crippen LogP contribution in [-0.2, 0) is 0 Å². The van der Waals surface area contributed by atoms with Crippen LogP contribution in [0.1, 0.15) is 15.9 Å². The van der Waals surface area contributed by atoms with E-state index in [2.05, 4.69) is 10.5 Å². The number of nitrogens with one attached hydrogen (secondary N) is 1. The van der Waals surface area contributed by atoms with Gasteiger partial charge in [-0.3, -0.25) is 4.79 Å². The summed E-state index contributed by atoms with van der Waals surface area (Å²) in [5.41, 5.74) is 3.92. The molecule has 3 aromatic rings. The Hall–Kier alpha value is -2.41. The van der Waals surface area contributed by atoms with Crippen molar-refractivity contribution >= 4 is 45.5 Å². The monoisotopic (exact) mass is 416 g/mol. The van der Waals surface area contributed by atoms with Crippen LogP contribution in [0.25, 0.3) is 10.8 Å². The van der Waals surface area contributed by atoms with Crippen molar-refractivity contribution in [3.05, 3.63) is 75.4 Å². The van der Waals surface area contributed by atoms with Crippen molar-refractivity contribution in [2.75, 3.05) is 0 Å². The summed E-state index contributed by atoms with van der Waals surface area (Å²) in [5, 5.41) is 15.4. The zero-order valence-corrected chi connectivity index (χ0v) is 14.2. The Kier molecular flexibility index (Phi) is 4.57. The van der Waals surface area contributed by atoms with Crippen molar-refractivity contribution in [1.29, 1.82) is 0 Å². The summed E-state index contributed by atoms with van der Waals surface area (Å²) in [4.78, 5) is 12.3.